The molecule has 5 heteroatoms. The molecule has 1 aliphatic carbocycles. The van der Waals surface area contributed by atoms with Gasteiger partial charge in [0.2, 0.25) is 0 Å². The monoisotopic (exact) mass is 316 g/mol. The Balaban J connectivity index is 2.12. The summed E-state index contributed by atoms with van der Waals surface area (Å²) in [6.45, 7) is 0. The fourth-order valence-corrected chi connectivity index (χ4v) is 2.44. The minimum Gasteiger partial charge on any atom is -0.485 e. The maximum absolute atomic E-state index is 13.0. The number of benzene rings is 1. The average Bonchev–Trinajstić information content (AvgIpc) is 2.29. The van der Waals surface area contributed by atoms with E-state index in [1.165, 1.54) is 19.2 Å². The van der Waals surface area contributed by atoms with Gasteiger partial charge in [0, 0.05) is 0 Å². The molecule has 1 aromatic carbocycles. The second-order valence-corrected chi connectivity index (χ2v) is 5.32. The third-order valence-corrected chi connectivity index (χ3v) is 3.80. The van der Waals surface area contributed by atoms with Crippen LogP contribution in [0.5, 0.6) is 5.75 Å². The smallest absolute Gasteiger partial charge is 0.309 e. The van der Waals surface area contributed by atoms with E-state index in [9.17, 15) is 9.18 Å². The number of carbonyl (C=O) groups is 1. The summed E-state index contributed by atoms with van der Waals surface area (Å²) in [5.74, 6) is -0.0576. The van der Waals surface area contributed by atoms with E-state index in [1.807, 2.05) is 0 Å². The second kappa shape index (κ2) is 5.26. The lowest BCUT2D eigenvalue weighted by Gasteiger charge is -2.41. The van der Waals surface area contributed by atoms with E-state index in [4.69, 9.17) is 4.74 Å². The van der Waals surface area contributed by atoms with Crippen LogP contribution in [-0.4, -0.2) is 18.7 Å². The Morgan fingerprint density at radius 2 is 2.22 bits per heavy atom. The van der Waals surface area contributed by atoms with Crippen LogP contribution in [0.4, 0.5) is 4.39 Å². The van der Waals surface area contributed by atoms with Gasteiger partial charge in [0.05, 0.1) is 18.0 Å². The molecular formula is C13H14BrFO3. The van der Waals surface area contributed by atoms with Crippen molar-refractivity contribution in [3.63, 3.8) is 0 Å². The Labute approximate surface area is 113 Å². The first-order valence-corrected chi connectivity index (χ1v) is 6.55. The lowest BCUT2D eigenvalue weighted by atomic mass is 9.77. The Hall–Kier alpha value is -1.10. The van der Waals surface area contributed by atoms with Crippen molar-refractivity contribution in [1.29, 1.82) is 0 Å². The van der Waals surface area contributed by atoms with Gasteiger partial charge < -0.3 is 9.47 Å². The zero-order chi connectivity index (χ0) is 13.2. The average molecular weight is 317 g/mol. The summed E-state index contributed by atoms with van der Waals surface area (Å²) in [7, 11) is 1.36. The molecule has 1 saturated carbocycles. The molecule has 0 N–H and O–H groups in total. The summed E-state index contributed by atoms with van der Waals surface area (Å²) < 4.78 is 24.1. The van der Waals surface area contributed by atoms with Gasteiger partial charge in [-0.2, -0.15) is 0 Å². The molecule has 0 amide bonds. The van der Waals surface area contributed by atoms with Gasteiger partial charge in [0.25, 0.3) is 0 Å². The van der Waals surface area contributed by atoms with Gasteiger partial charge in [-0.1, -0.05) is 0 Å². The maximum Gasteiger partial charge on any atom is 0.309 e. The van der Waals surface area contributed by atoms with Gasteiger partial charge in [0.1, 0.15) is 17.2 Å². The van der Waals surface area contributed by atoms with Gasteiger partial charge in [0.15, 0.2) is 0 Å². The van der Waals surface area contributed by atoms with Crippen molar-refractivity contribution in [2.75, 3.05) is 7.11 Å². The number of hydrogen-bond acceptors (Lipinski definition) is 3. The fourth-order valence-electron chi connectivity index (χ4n) is 2.01. The van der Waals surface area contributed by atoms with Crippen LogP contribution in [0.3, 0.4) is 0 Å². The van der Waals surface area contributed by atoms with E-state index in [2.05, 4.69) is 20.7 Å². The van der Waals surface area contributed by atoms with Crippen molar-refractivity contribution >= 4 is 21.9 Å². The molecule has 0 bridgehead atoms. The van der Waals surface area contributed by atoms with Crippen molar-refractivity contribution in [3.05, 3.63) is 28.5 Å². The standard InChI is InChI=1S/C13H14BrFO3/c1-17-12(16)8-13(5-2-6-13)18-11-4-3-9(15)7-10(11)14/h3-4,7H,2,5-6,8H2,1H3. The van der Waals surface area contributed by atoms with E-state index in [0.29, 0.717) is 10.2 Å². The van der Waals surface area contributed by atoms with Gasteiger partial charge in [-0.3, -0.25) is 4.79 Å². The minimum atomic E-state index is -0.493. The molecule has 3 nitrogen and oxygen atoms in total. The Bertz CT molecular complexity index is 458. The number of hydrogen-bond donors (Lipinski definition) is 0. The van der Waals surface area contributed by atoms with Gasteiger partial charge >= 0.3 is 5.97 Å². The Morgan fingerprint density at radius 3 is 2.72 bits per heavy atom. The summed E-state index contributed by atoms with van der Waals surface area (Å²) >= 11 is 3.26. The van der Waals surface area contributed by atoms with Crippen LogP contribution in [0.1, 0.15) is 25.7 Å². The van der Waals surface area contributed by atoms with Crippen LogP contribution < -0.4 is 4.74 Å². The summed E-state index contributed by atoms with van der Waals surface area (Å²) in [5.41, 5.74) is -0.493. The largest absolute Gasteiger partial charge is 0.485 e. The molecule has 0 spiro atoms. The Kier molecular flexibility index (Phi) is 3.90. The molecule has 1 aliphatic rings. The zero-order valence-corrected chi connectivity index (χ0v) is 11.6. The van der Waals surface area contributed by atoms with E-state index in [-0.39, 0.29) is 18.2 Å². The van der Waals surface area contributed by atoms with Gasteiger partial charge in [-0.15, -0.1) is 0 Å². The predicted molar refractivity (Wildman–Crippen MR) is 67.9 cm³/mol. The first kappa shape index (κ1) is 13.3. The van der Waals surface area contributed by atoms with E-state index >= 15 is 0 Å². The highest BCUT2D eigenvalue weighted by molar-refractivity contribution is 9.10. The summed E-state index contributed by atoms with van der Waals surface area (Å²) in [6.07, 6.45) is 2.88. The van der Waals surface area contributed by atoms with Crippen LogP contribution in [0.25, 0.3) is 0 Å². The number of esters is 1. The van der Waals surface area contributed by atoms with E-state index in [0.717, 1.165) is 19.3 Å². The van der Waals surface area contributed by atoms with Crippen LogP contribution in [0.15, 0.2) is 22.7 Å². The molecule has 0 radical (unpaired) electrons. The van der Waals surface area contributed by atoms with Crippen LogP contribution in [-0.2, 0) is 9.53 Å². The topological polar surface area (TPSA) is 35.5 Å². The second-order valence-electron chi connectivity index (χ2n) is 4.47. The summed E-state index contributed by atoms with van der Waals surface area (Å²) in [6, 6.07) is 4.25. The van der Waals surface area contributed by atoms with Crippen LogP contribution in [0, 0.1) is 5.82 Å². The van der Waals surface area contributed by atoms with Crippen LogP contribution >= 0.6 is 15.9 Å². The van der Waals surface area contributed by atoms with Crippen LogP contribution in [0.2, 0.25) is 0 Å². The third-order valence-electron chi connectivity index (χ3n) is 3.18. The molecule has 0 heterocycles. The number of carbonyl (C=O) groups excluding carboxylic acids is 1. The minimum absolute atomic E-state index is 0.229. The van der Waals surface area contributed by atoms with Crippen molar-refractivity contribution in [2.45, 2.75) is 31.3 Å². The molecule has 0 atom stereocenters. The van der Waals surface area contributed by atoms with Gasteiger partial charge in [-0.25, -0.2) is 4.39 Å². The third kappa shape index (κ3) is 2.83. The molecule has 1 fully saturated rings. The van der Waals surface area contributed by atoms with Crippen molar-refractivity contribution in [1.82, 2.24) is 0 Å². The first-order valence-electron chi connectivity index (χ1n) is 5.75. The van der Waals surface area contributed by atoms with Gasteiger partial charge in [-0.05, 0) is 53.4 Å². The molecule has 18 heavy (non-hydrogen) atoms. The lowest BCUT2D eigenvalue weighted by molar-refractivity contribution is -0.148. The molecule has 98 valence electrons. The highest BCUT2D eigenvalue weighted by atomic mass is 79.9. The molecule has 1 aromatic rings. The molecule has 0 saturated heterocycles. The quantitative estimate of drug-likeness (QED) is 0.798. The highest BCUT2D eigenvalue weighted by Gasteiger charge is 2.42. The predicted octanol–water partition coefficient (Wildman–Crippen LogP) is 3.45. The van der Waals surface area contributed by atoms with Crippen molar-refractivity contribution < 1.29 is 18.7 Å². The van der Waals surface area contributed by atoms with E-state index in [1.54, 1.807) is 6.07 Å². The maximum atomic E-state index is 13.0. The SMILES string of the molecule is COC(=O)CC1(Oc2ccc(F)cc2Br)CCC1. The molecular weight excluding hydrogens is 303 g/mol. The molecule has 0 unspecified atom stereocenters. The number of methoxy groups -OCH3 is 1. The highest BCUT2D eigenvalue weighted by Crippen LogP contribution is 2.41. The van der Waals surface area contributed by atoms with Crippen molar-refractivity contribution in [3.8, 4) is 5.75 Å². The summed E-state index contributed by atoms with van der Waals surface area (Å²) in [4.78, 5) is 11.4. The number of rotatable bonds is 4. The number of halogens is 2. The lowest BCUT2D eigenvalue weighted by Crippen LogP contribution is -2.45. The Morgan fingerprint density at radius 1 is 1.50 bits per heavy atom. The molecule has 2 rings (SSSR count). The first-order chi connectivity index (χ1) is 8.54. The number of ether oxygens (including phenoxy) is 2. The molecule has 0 aromatic heterocycles. The zero-order valence-electron chi connectivity index (χ0n) is 10.0. The fraction of sp³-hybridized carbons (Fsp3) is 0.462. The summed E-state index contributed by atoms with van der Waals surface area (Å²) in [5, 5.41) is 0. The normalized spacial score (nSPS) is 16.8. The molecule has 0 aliphatic heterocycles. The van der Waals surface area contributed by atoms with Crippen molar-refractivity contribution in [2.24, 2.45) is 0 Å². The van der Waals surface area contributed by atoms with E-state index < -0.39 is 5.60 Å².